The Hall–Kier alpha value is -3.91. The van der Waals surface area contributed by atoms with E-state index in [-0.39, 0.29) is 12.6 Å². The van der Waals surface area contributed by atoms with E-state index in [0.29, 0.717) is 29.5 Å². The molecule has 2 amide bonds. The number of urea groups is 1. The molecule has 37 heavy (non-hydrogen) atoms. The summed E-state index contributed by atoms with van der Waals surface area (Å²) in [7, 11) is 0. The van der Waals surface area contributed by atoms with Gasteiger partial charge in [0, 0.05) is 23.2 Å². The molecule has 0 aliphatic carbocycles. The van der Waals surface area contributed by atoms with Gasteiger partial charge in [0.15, 0.2) is 5.13 Å². The van der Waals surface area contributed by atoms with E-state index in [2.05, 4.69) is 21.4 Å². The third-order valence-corrected chi connectivity index (χ3v) is 7.36. The monoisotopic (exact) mass is 514 g/mol. The SMILES string of the molecule is Cc1ncnc2ccc(-c3sc(NC(=O)N4CCO[C@H](C(C)(C)O)C4)nc3-c3cccc(C#N)c3)cc12. The van der Waals surface area contributed by atoms with Crippen LogP contribution in [0.3, 0.4) is 0 Å². The van der Waals surface area contributed by atoms with Gasteiger partial charge in [0.2, 0.25) is 0 Å². The van der Waals surface area contributed by atoms with E-state index in [9.17, 15) is 15.2 Å². The molecule has 9 nitrogen and oxygen atoms in total. The second-order valence-corrected chi connectivity index (χ2v) is 10.5. The summed E-state index contributed by atoms with van der Waals surface area (Å²) in [5.74, 6) is 0. The van der Waals surface area contributed by atoms with Crippen molar-refractivity contribution in [3.8, 4) is 27.8 Å². The molecular formula is C27H26N6O3S. The first-order chi connectivity index (χ1) is 17.7. The number of aryl methyl sites for hydroxylation is 1. The molecule has 1 saturated heterocycles. The van der Waals surface area contributed by atoms with Gasteiger partial charge in [-0.2, -0.15) is 5.26 Å². The van der Waals surface area contributed by atoms with Crippen LogP contribution in [0.2, 0.25) is 0 Å². The maximum atomic E-state index is 13.1. The minimum absolute atomic E-state index is 0.272. The summed E-state index contributed by atoms with van der Waals surface area (Å²) in [5.41, 5.74) is 3.53. The van der Waals surface area contributed by atoms with Gasteiger partial charge >= 0.3 is 6.03 Å². The molecular weight excluding hydrogens is 488 g/mol. The van der Waals surface area contributed by atoms with Crippen molar-refractivity contribution in [2.75, 3.05) is 25.0 Å². The molecule has 1 atom stereocenters. The number of fused-ring (bicyclic) bond motifs is 1. The molecule has 0 radical (unpaired) electrons. The molecule has 188 valence electrons. The second kappa shape index (κ2) is 9.86. The molecule has 2 N–H and O–H groups in total. The van der Waals surface area contributed by atoms with Gasteiger partial charge in [-0.3, -0.25) is 5.32 Å². The zero-order valence-electron chi connectivity index (χ0n) is 20.7. The fourth-order valence-electron chi connectivity index (χ4n) is 4.26. The van der Waals surface area contributed by atoms with Crippen LogP contribution in [0.25, 0.3) is 32.6 Å². The van der Waals surface area contributed by atoms with E-state index >= 15 is 0 Å². The number of morpholine rings is 1. The zero-order valence-corrected chi connectivity index (χ0v) is 21.5. The molecule has 10 heteroatoms. The third-order valence-electron chi connectivity index (χ3n) is 6.34. The number of benzene rings is 2. The van der Waals surface area contributed by atoms with Gasteiger partial charge in [-0.25, -0.2) is 19.7 Å². The molecule has 0 saturated carbocycles. The first-order valence-corrected chi connectivity index (χ1v) is 12.7. The summed E-state index contributed by atoms with van der Waals surface area (Å²) >= 11 is 1.36. The van der Waals surface area contributed by atoms with E-state index < -0.39 is 11.7 Å². The lowest BCUT2D eigenvalue weighted by Gasteiger charge is -2.38. The minimum Gasteiger partial charge on any atom is -0.388 e. The summed E-state index contributed by atoms with van der Waals surface area (Å²) in [5, 5.41) is 24.1. The van der Waals surface area contributed by atoms with Crippen LogP contribution in [-0.2, 0) is 4.74 Å². The number of anilines is 1. The van der Waals surface area contributed by atoms with Gasteiger partial charge in [-0.1, -0.05) is 29.5 Å². The predicted molar refractivity (Wildman–Crippen MR) is 142 cm³/mol. The Morgan fingerprint density at radius 1 is 1.24 bits per heavy atom. The van der Waals surface area contributed by atoms with E-state index in [0.717, 1.165) is 32.6 Å². The number of nitrogens with one attached hydrogen (secondary N) is 1. The summed E-state index contributed by atoms with van der Waals surface area (Å²) in [6, 6.07) is 15.1. The first kappa shape index (κ1) is 24.8. The Labute approximate surface area is 218 Å². The van der Waals surface area contributed by atoms with E-state index in [1.54, 1.807) is 37.2 Å². The Kier molecular flexibility index (Phi) is 6.60. The van der Waals surface area contributed by atoms with Crippen LogP contribution < -0.4 is 5.32 Å². The van der Waals surface area contributed by atoms with Crippen molar-refractivity contribution < 1.29 is 14.6 Å². The zero-order chi connectivity index (χ0) is 26.2. The van der Waals surface area contributed by atoms with Crippen molar-refractivity contribution in [3.05, 3.63) is 60.0 Å². The average molecular weight is 515 g/mol. The van der Waals surface area contributed by atoms with Crippen molar-refractivity contribution in [2.24, 2.45) is 0 Å². The third kappa shape index (κ3) is 5.15. The molecule has 1 aliphatic heterocycles. The van der Waals surface area contributed by atoms with E-state index in [1.165, 1.54) is 11.3 Å². The largest absolute Gasteiger partial charge is 0.388 e. The lowest BCUT2D eigenvalue weighted by molar-refractivity contribution is -0.118. The Morgan fingerprint density at radius 3 is 2.86 bits per heavy atom. The molecule has 3 heterocycles. The second-order valence-electron chi connectivity index (χ2n) is 9.47. The number of carbonyl (C=O) groups excluding carboxylic acids is 1. The number of hydrogen-bond acceptors (Lipinski definition) is 8. The summed E-state index contributed by atoms with van der Waals surface area (Å²) in [6.07, 6.45) is 1.07. The summed E-state index contributed by atoms with van der Waals surface area (Å²) in [4.78, 5) is 29.1. The number of aliphatic hydroxyl groups is 1. The lowest BCUT2D eigenvalue weighted by atomic mass is 10.0. The fourth-order valence-corrected chi connectivity index (χ4v) is 5.23. The highest BCUT2D eigenvalue weighted by Crippen LogP contribution is 2.40. The molecule has 1 aliphatic rings. The number of hydrogen-bond donors (Lipinski definition) is 2. The van der Waals surface area contributed by atoms with Crippen LogP contribution in [0.1, 0.15) is 25.1 Å². The van der Waals surface area contributed by atoms with Crippen molar-refractivity contribution in [1.82, 2.24) is 19.9 Å². The smallest absolute Gasteiger partial charge is 0.323 e. The quantitative estimate of drug-likeness (QED) is 0.408. The fraction of sp³-hybridized carbons (Fsp3) is 0.296. The molecule has 2 aromatic heterocycles. The van der Waals surface area contributed by atoms with Crippen LogP contribution in [0.5, 0.6) is 0 Å². The van der Waals surface area contributed by atoms with Gasteiger partial charge in [-0.05, 0) is 50.6 Å². The predicted octanol–water partition coefficient (Wildman–Crippen LogP) is 4.60. The first-order valence-electron chi connectivity index (χ1n) is 11.9. The van der Waals surface area contributed by atoms with Crippen molar-refractivity contribution >= 4 is 33.4 Å². The van der Waals surface area contributed by atoms with Crippen molar-refractivity contribution in [3.63, 3.8) is 0 Å². The molecule has 0 unspecified atom stereocenters. The van der Waals surface area contributed by atoms with Crippen LogP contribution in [-0.4, -0.2) is 62.4 Å². The molecule has 4 aromatic rings. The molecule has 2 aromatic carbocycles. The number of aromatic nitrogens is 3. The van der Waals surface area contributed by atoms with Crippen LogP contribution in [0, 0.1) is 18.3 Å². The normalized spacial score (nSPS) is 16.0. The van der Waals surface area contributed by atoms with E-state index in [1.807, 2.05) is 37.3 Å². The summed E-state index contributed by atoms with van der Waals surface area (Å²) in [6.45, 7) is 6.31. The average Bonchev–Trinajstić information content (AvgIpc) is 3.32. The Morgan fingerprint density at radius 2 is 2.08 bits per heavy atom. The molecule has 0 spiro atoms. The number of thiazole rings is 1. The molecule has 1 fully saturated rings. The highest BCUT2D eigenvalue weighted by molar-refractivity contribution is 7.19. The minimum atomic E-state index is -1.07. The topological polar surface area (TPSA) is 124 Å². The maximum Gasteiger partial charge on any atom is 0.323 e. The van der Waals surface area contributed by atoms with Gasteiger partial charge in [0.25, 0.3) is 0 Å². The Balaban J connectivity index is 1.52. The standard InChI is InChI=1S/C27H26N6O3S/c1-16-20-12-19(7-8-21(20)30-15-29-16)24-23(18-6-4-5-17(11-18)13-28)31-25(37-24)32-26(34)33-9-10-36-22(14-33)27(2,3)35/h4-8,11-12,15,22,35H,9-10,14H2,1-3H3,(H,31,32,34)/t22-/m0/s1. The van der Waals surface area contributed by atoms with Crippen LogP contribution in [0.15, 0.2) is 48.8 Å². The van der Waals surface area contributed by atoms with Gasteiger partial charge in [0.1, 0.15) is 12.4 Å². The van der Waals surface area contributed by atoms with Crippen molar-refractivity contribution in [1.29, 1.82) is 5.26 Å². The maximum absolute atomic E-state index is 13.1. The highest BCUT2D eigenvalue weighted by Gasteiger charge is 2.34. The number of carbonyl (C=O) groups is 1. The molecule has 5 rings (SSSR count). The highest BCUT2D eigenvalue weighted by atomic mass is 32.1. The number of ether oxygens (including phenoxy) is 1. The van der Waals surface area contributed by atoms with Gasteiger partial charge in [-0.15, -0.1) is 0 Å². The number of nitrogens with zero attached hydrogens (tertiary/aromatic N) is 5. The van der Waals surface area contributed by atoms with Crippen LogP contribution >= 0.6 is 11.3 Å². The molecule has 0 bridgehead atoms. The van der Waals surface area contributed by atoms with Gasteiger partial charge in [0.05, 0.1) is 46.5 Å². The van der Waals surface area contributed by atoms with E-state index in [4.69, 9.17) is 9.72 Å². The number of nitriles is 1. The van der Waals surface area contributed by atoms with Crippen LogP contribution in [0.4, 0.5) is 9.93 Å². The lowest BCUT2D eigenvalue weighted by Crippen LogP contribution is -2.54. The van der Waals surface area contributed by atoms with Gasteiger partial charge < -0.3 is 14.7 Å². The summed E-state index contributed by atoms with van der Waals surface area (Å²) < 4.78 is 5.66. The number of rotatable bonds is 4. The van der Waals surface area contributed by atoms with Crippen molar-refractivity contribution in [2.45, 2.75) is 32.5 Å². The number of amides is 2. The Bertz CT molecular complexity index is 1520.